The zero-order chi connectivity index (χ0) is 12.7. The van der Waals surface area contributed by atoms with Gasteiger partial charge in [0.2, 0.25) is 0 Å². The van der Waals surface area contributed by atoms with Gasteiger partial charge in [-0.05, 0) is 73.6 Å². The summed E-state index contributed by atoms with van der Waals surface area (Å²) in [6, 6.07) is 6.71. The van der Waals surface area contributed by atoms with Crippen LogP contribution < -0.4 is 5.73 Å². The van der Waals surface area contributed by atoms with Gasteiger partial charge in [-0.2, -0.15) is 0 Å². The van der Waals surface area contributed by atoms with E-state index in [4.69, 9.17) is 5.73 Å². The molecule has 2 aliphatic rings. The van der Waals surface area contributed by atoms with Gasteiger partial charge >= 0.3 is 0 Å². The maximum atomic E-state index is 6.44. The number of aryl methyl sites for hydroxylation is 1. The quantitative estimate of drug-likeness (QED) is 0.869. The molecule has 1 nitrogen and oxygen atoms in total. The second-order valence-electron chi connectivity index (χ2n) is 6.28. The van der Waals surface area contributed by atoms with Crippen LogP contribution in [-0.4, -0.2) is 0 Å². The molecule has 3 rings (SSSR count). The highest BCUT2D eigenvalue weighted by molar-refractivity contribution is 9.10. The van der Waals surface area contributed by atoms with Gasteiger partial charge in [-0.3, -0.25) is 0 Å². The number of halogens is 1. The van der Waals surface area contributed by atoms with Gasteiger partial charge in [-0.15, -0.1) is 0 Å². The molecule has 0 aromatic heterocycles. The van der Waals surface area contributed by atoms with E-state index in [0.717, 1.165) is 22.2 Å². The molecule has 2 bridgehead atoms. The lowest BCUT2D eigenvalue weighted by molar-refractivity contribution is 0.296. The van der Waals surface area contributed by atoms with E-state index < -0.39 is 0 Å². The van der Waals surface area contributed by atoms with Crippen LogP contribution in [0.3, 0.4) is 0 Å². The summed E-state index contributed by atoms with van der Waals surface area (Å²) >= 11 is 3.52. The van der Waals surface area contributed by atoms with Gasteiger partial charge in [0.25, 0.3) is 0 Å². The van der Waals surface area contributed by atoms with E-state index >= 15 is 0 Å². The third kappa shape index (κ3) is 2.37. The van der Waals surface area contributed by atoms with Crippen molar-refractivity contribution in [2.45, 2.75) is 45.1 Å². The average Bonchev–Trinajstić information content (AvgIpc) is 2.90. The van der Waals surface area contributed by atoms with E-state index in [-0.39, 0.29) is 6.04 Å². The first kappa shape index (κ1) is 12.7. The summed E-state index contributed by atoms with van der Waals surface area (Å²) in [4.78, 5) is 0. The van der Waals surface area contributed by atoms with Crippen LogP contribution in [0.4, 0.5) is 0 Å². The fourth-order valence-electron chi connectivity index (χ4n) is 4.17. The molecule has 0 radical (unpaired) electrons. The molecule has 0 aliphatic heterocycles. The molecule has 98 valence electrons. The highest BCUT2D eigenvalue weighted by Crippen LogP contribution is 2.50. The van der Waals surface area contributed by atoms with Gasteiger partial charge < -0.3 is 5.73 Å². The van der Waals surface area contributed by atoms with Crippen LogP contribution in [0.5, 0.6) is 0 Å². The summed E-state index contributed by atoms with van der Waals surface area (Å²) < 4.78 is 1.15. The van der Waals surface area contributed by atoms with Crippen molar-refractivity contribution in [3.8, 4) is 0 Å². The molecular formula is C16H22BrN. The van der Waals surface area contributed by atoms with E-state index in [2.05, 4.69) is 41.1 Å². The number of hydrogen-bond acceptors (Lipinski definition) is 1. The summed E-state index contributed by atoms with van der Waals surface area (Å²) in [7, 11) is 0. The van der Waals surface area contributed by atoms with Crippen molar-refractivity contribution in [1.29, 1.82) is 0 Å². The van der Waals surface area contributed by atoms with Crippen molar-refractivity contribution in [3.05, 3.63) is 33.8 Å². The fourth-order valence-corrected chi connectivity index (χ4v) is 4.65. The smallest absolute Gasteiger partial charge is 0.0300 e. The molecule has 0 spiro atoms. The molecule has 2 aliphatic carbocycles. The summed E-state index contributed by atoms with van der Waals surface area (Å²) in [6.07, 6.45) is 7.05. The van der Waals surface area contributed by atoms with Crippen molar-refractivity contribution < 1.29 is 0 Å². The van der Waals surface area contributed by atoms with E-state index in [1.807, 2.05) is 0 Å². The monoisotopic (exact) mass is 307 g/mol. The predicted octanol–water partition coefficient (Wildman–Crippen LogP) is 4.58. The van der Waals surface area contributed by atoms with Crippen LogP contribution in [0.15, 0.2) is 22.7 Å². The van der Waals surface area contributed by atoms with Gasteiger partial charge in [-0.1, -0.05) is 28.4 Å². The normalized spacial score (nSPS) is 31.8. The zero-order valence-electron chi connectivity index (χ0n) is 11.0. The van der Waals surface area contributed by atoms with Gasteiger partial charge in [0.15, 0.2) is 0 Å². The molecule has 4 unspecified atom stereocenters. The molecule has 2 N–H and O–H groups in total. The molecule has 2 fully saturated rings. The Morgan fingerprint density at radius 3 is 2.78 bits per heavy atom. The lowest BCUT2D eigenvalue weighted by atomic mass is 9.82. The first-order valence-corrected chi connectivity index (χ1v) is 7.94. The Kier molecular flexibility index (Phi) is 3.50. The third-order valence-electron chi connectivity index (χ3n) is 5.07. The second-order valence-corrected chi connectivity index (χ2v) is 7.19. The first-order valence-electron chi connectivity index (χ1n) is 7.15. The van der Waals surface area contributed by atoms with Crippen LogP contribution in [0, 0.1) is 24.7 Å². The van der Waals surface area contributed by atoms with Crippen molar-refractivity contribution in [2.75, 3.05) is 0 Å². The number of fused-ring (bicyclic) bond motifs is 2. The Balaban J connectivity index is 1.69. The molecule has 0 saturated heterocycles. The summed E-state index contributed by atoms with van der Waals surface area (Å²) in [5.74, 6) is 2.90. The first-order chi connectivity index (χ1) is 8.63. The lowest BCUT2D eigenvalue weighted by Gasteiger charge is -2.25. The molecule has 4 atom stereocenters. The Morgan fingerprint density at radius 2 is 2.17 bits per heavy atom. The van der Waals surface area contributed by atoms with Crippen LogP contribution in [0.1, 0.15) is 49.3 Å². The van der Waals surface area contributed by atoms with E-state index in [1.165, 1.54) is 43.2 Å². The maximum absolute atomic E-state index is 6.44. The summed E-state index contributed by atoms with van der Waals surface area (Å²) in [5.41, 5.74) is 9.10. The van der Waals surface area contributed by atoms with Crippen molar-refractivity contribution >= 4 is 15.9 Å². The number of nitrogens with two attached hydrogens (primary N) is 1. The standard InChI is InChI=1S/C16H22BrN/c1-10-6-14(17)4-5-15(10)16(18)9-13-8-11-2-3-12(13)7-11/h4-6,11-13,16H,2-3,7-9,18H2,1H3. The summed E-state index contributed by atoms with van der Waals surface area (Å²) in [6.45, 7) is 2.17. The van der Waals surface area contributed by atoms with Crippen molar-refractivity contribution in [1.82, 2.24) is 0 Å². The van der Waals surface area contributed by atoms with E-state index in [0.29, 0.717) is 0 Å². The molecule has 2 saturated carbocycles. The number of hydrogen-bond donors (Lipinski definition) is 1. The topological polar surface area (TPSA) is 26.0 Å². The molecule has 0 amide bonds. The van der Waals surface area contributed by atoms with Crippen LogP contribution in [0.2, 0.25) is 0 Å². The van der Waals surface area contributed by atoms with Gasteiger partial charge in [-0.25, -0.2) is 0 Å². The zero-order valence-corrected chi connectivity index (χ0v) is 12.6. The minimum atomic E-state index is 0.224. The Morgan fingerprint density at radius 1 is 1.33 bits per heavy atom. The molecule has 2 heteroatoms. The summed E-state index contributed by atoms with van der Waals surface area (Å²) in [5, 5.41) is 0. The van der Waals surface area contributed by atoms with Crippen molar-refractivity contribution in [2.24, 2.45) is 23.5 Å². The SMILES string of the molecule is Cc1cc(Br)ccc1C(N)CC1CC2CCC1C2. The van der Waals surface area contributed by atoms with Crippen molar-refractivity contribution in [3.63, 3.8) is 0 Å². The minimum Gasteiger partial charge on any atom is -0.324 e. The third-order valence-corrected chi connectivity index (χ3v) is 5.57. The molecule has 18 heavy (non-hydrogen) atoms. The fraction of sp³-hybridized carbons (Fsp3) is 0.625. The molecule has 1 aromatic rings. The largest absolute Gasteiger partial charge is 0.324 e. The Labute approximate surface area is 118 Å². The Bertz CT molecular complexity index is 443. The van der Waals surface area contributed by atoms with Crippen LogP contribution in [0.25, 0.3) is 0 Å². The van der Waals surface area contributed by atoms with Crippen LogP contribution in [-0.2, 0) is 0 Å². The Hall–Kier alpha value is -0.340. The number of rotatable bonds is 3. The van der Waals surface area contributed by atoms with Gasteiger partial charge in [0.05, 0.1) is 0 Å². The molecular weight excluding hydrogens is 286 g/mol. The van der Waals surface area contributed by atoms with E-state index in [9.17, 15) is 0 Å². The van der Waals surface area contributed by atoms with Crippen LogP contribution >= 0.6 is 15.9 Å². The number of benzene rings is 1. The van der Waals surface area contributed by atoms with E-state index in [1.54, 1.807) is 0 Å². The maximum Gasteiger partial charge on any atom is 0.0300 e. The highest BCUT2D eigenvalue weighted by atomic mass is 79.9. The van der Waals surface area contributed by atoms with Gasteiger partial charge in [0, 0.05) is 10.5 Å². The minimum absolute atomic E-state index is 0.224. The molecule has 1 aromatic carbocycles. The second kappa shape index (κ2) is 4.97. The molecule has 0 heterocycles. The lowest BCUT2D eigenvalue weighted by Crippen LogP contribution is -2.20. The highest BCUT2D eigenvalue weighted by Gasteiger charge is 2.39. The predicted molar refractivity (Wildman–Crippen MR) is 79.4 cm³/mol. The average molecular weight is 308 g/mol. The van der Waals surface area contributed by atoms with Gasteiger partial charge in [0.1, 0.15) is 0 Å².